The van der Waals surface area contributed by atoms with Gasteiger partial charge in [0.1, 0.15) is 5.82 Å². The van der Waals surface area contributed by atoms with Gasteiger partial charge in [0.25, 0.3) is 0 Å². The highest BCUT2D eigenvalue weighted by atomic mass is 19.1. The molecule has 0 spiro atoms. The number of amides is 1. The molecule has 2 aromatic rings. The van der Waals surface area contributed by atoms with Crippen molar-refractivity contribution in [3.8, 4) is 0 Å². The first-order chi connectivity index (χ1) is 13.7. The molecule has 5 nitrogen and oxygen atoms in total. The van der Waals surface area contributed by atoms with Crippen molar-refractivity contribution < 1.29 is 19.1 Å². The highest BCUT2D eigenvalue weighted by molar-refractivity contribution is 5.89. The average molecular weight is 398 g/mol. The van der Waals surface area contributed by atoms with Crippen LogP contribution in [-0.4, -0.2) is 33.4 Å². The fourth-order valence-electron chi connectivity index (χ4n) is 3.75. The molecule has 154 valence electrons. The van der Waals surface area contributed by atoms with Crippen molar-refractivity contribution in [2.24, 2.45) is 5.41 Å². The second-order valence-electron chi connectivity index (χ2n) is 8.57. The summed E-state index contributed by atoms with van der Waals surface area (Å²) in [5, 5.41) is 9.55. The summed E-state index contributed by atoms with van der Waals surface area (Å²) in [5.41, 5.74) is 1.84. The number of carbonyl (C=O) groups excluding carboxylic acids is 1. The van der Waals surface area contributed by atoms with E-state index >= 15 is 0 Å². The highest BCUT2D eigenvalue weighted by Crippen LogP contribution is 2.35. The molecule has 1 aliphatic heterocycles. The van der Waals surface area contributed by atoms with Crippen molar-refractivity contribution in [2.75, 3.05) is 6.54 Å². The molecule has 1 fully saturated rings. The molecule has 29 heavy (non-hydrogen) atoms. The van der Waals surface area contributed by atoms with Crippen LogP contribution < -0.4 is 0 Å². The number of halogens is 1. The van der Waals surface area contributed by atoms with Gasteiger partial charge in [-0.25, -0.2) is 9.18 Å². The number of likely N-dealkylation sites (tertiary alicyclic amines) is 1. The van der Waals surface area contributed by atoms with Gasteiger partial charge in [-0.1, -0.05) is 32.9 Å². The topological polar surface area (TPSA) is 70.5 Å². The maximum absolute atomic E-state index is 13.1. The minimum atomic E-state index is -1.02. The Balaban J connectivity index is 1.86. The standard InChI is InChI=1S/C23H27FN2O3/c1-23(2,3)22(29)26-14-4-5-20(26)19-13-11-17(21(27)28)18(25-19)12-8-15-6-9-16(24)10-7-15/h6-7,9-11,13,20H,4-5,8,12,14H2,1-3H3,(H,27,28)/t20-/m1/s1. The molecule has 0 radical (unpaired) electrons. The fraction of sp³-hybridized carbons (Fsp3) is 0.435. The normalized spacial score (nSPS) is 16.8. The van der Waals surface area contributed by atoms with E-state index in [0.717, 1.165) is 24.1 Å². The number of pyridine rings is 1. The molecule has 3 rings (SSSR count). The molecular weight excluding hydrogens is 371 g/mol. The molecular formula is C23H27FN2O3. The molecule has 0 unspecified atom stereocenters. The molecule has 1 amide bonds. The molecule has 1 aromatic carbocycles. The van der Waals surface area contributed by atoms with Crippen molar-refractivity contribution in [1.82, 2.24) is 9.88 Å². The first-order valence-corrected chi connectivity index (χ1v) is 9.95. The maximum atomic E-state index is 13.1. The van der Waals surface area contributed by atoms with Gasteiger partial charge >= 0.3 is 5.97 Å². The van der Waals surface area contributed by atoms with Gasteiger partial charge in [-0.2, -0.15) is 0 Å². The quantitative estimate of drug-likeness (QED) is 0.810. The predicted octanol–water partition coefficient (Wildman–Crippen LogP) is 4.41. The lowest BCUT2D eigenvalue weighted by Gasteiger charge is -2.31. The van der Waals surface area contributed by atoms with Gasteiger partial charge in [0.15, 0.2) is 0 Å². The zero-order valence-corrected chi connectivity index (χ0v) is 17.1. The number of nitrogens with zero attached hydrogens (tertiary/aromatic N) is 2. The minimum Gasteiger partial charge on any atom is -0.478 e. The Hall–Kier alpha value is -2.76. The van der Waals surface area contributed by atoms with Crippen LogP contribution in [-0.2, 0) is 17.6 Å². The smallest absolute Gasteiger partial charge is 0.337 e. The van der Waals surface area contributed by atoms with Crippen LogP contribution in [0.25, 0.3) is 0 Å². The summed E-state index contributed by atoms with van der Waals surface area (Å²) in [4.78, 5) is 31.0. The lowest BCUT2D eigenvalue weighted by atomic mass is 9.94. The highest BCUT2D eigenvalue weighted by Gasteiger charge is 2.36. The van der Waals surface area contributed by atoms with Gasteiger partial charge in [0.05, 0.1) is 23.0 Å². The summed E-state index contributed by atoms with van der Waals surface area (Å²) >= 11 is 0. The van der Waals surface area contributed by atoms with Gasteiger partial charge in [-0.15, -0.1) is 0 Å². The molecule has 1 aromatic heterocycles. The van der Waals surface area contributed by atoms with Crippen molar-refractivity contribution >= 4 is 11.9 Å². The first kappa shape index (κ1) is 21.0. The van der Waals surface area contributed by atoms with E-state index in [0.29, 0.717) is 25.1 Å². The number of aryl methyl sites for hydroxylation is 2. The van der Waals surface area contributed by atoms with E-state index in [1.807, 2.05) is 25.7 Å². The van der Waals surface area contributed by atoms with Crippen LogP contribution in [0.5, 0.6) is 0 Å². The molecule has 0 aliphatic carbocycles. The van der Waals surface area contributed by atoms with Crippen LogP contribution in [0.2, 0.25) is 0 Å². The number of hydrogen-bond donors (Lipinski definition) is 1. The van der Waals surface area contributed by atoms with Crippen LogP contribution in [0.4, 0.5) is 4.39 Å². The number of carboxylic acid groups (broad SMARTS) is 1. The Bertz CT molecular complexity index is 903. The largest absolute Gasteiger partial charge is 0.478 e. The van der Waals surface area contributed by atoms with Crippen LogP contribution in [0.1, 0.15) is 67.0 Å². The number of benzene rings is 1. The van der Waals surface area contributed by atoms with E-state index in [1.54, 1.807) is 24.3 Å². The zero-order valence-electron chi connectivity index (χ0n) is 17.1. The van der Waals surface area contributed by atoms with E-state index in [9.17, 15) is 19.1 Å². The van der Waals surface area contributed by atoms with E-state index in [4.69, 9.17) is 0 Å². The summed E-state index contributed by atoms with van der Waals surface area (Å²) < 4.78 is 13.1. The lowest BCUT2D eigenvalue weighted by molar-refractivity contribution is -0.140. The van der Waals surface area contributed by atoms with E-state index in [2.05, 4.69) is 4.98 Å². The molecule has 1 atom stereocenters. The maximum Gasteiger partial charge on any atom is 0.337 e. The molecule has 0 saturated carbocycles. The van der Waals surface area contributed by atoms with E-state index in [-0.39, 0.29) is 23.3 Å². The second-order valence-corrected chi connectivity index (χ2v) is 8.57. The summed E-state index contributed by atoms with van der Waals surface area (Å²) in [6.07, 6.45) is 2.71. The van der Waals surface area contributed by atoms with Crippen molar-refractivity contribution in [2.45, 2.75) is 52.5 Å². The molecule has 0 bridgehead atoms. The van der Waals surface area contributed by atoms with Crippen molar-refractivity contribution in [3.63, 3.8) is 0 Å². The second kappa shape index (κ2) is 8.31. The molecule has 1 saturated heterocycles. The predicted molar refractivity (Wildman–Crippen MR) is 108 cm³/mol. The third-order valence-electron chi connectivity index (χ3n) is 5.29. The number of aromatic nitrogens is 1. The average Bonchev–Trinajstić information content (AvgIpc) is 3.15. The molecule has 1 N–H and O–H groups in total. The monoisotopic (exact) mass is 398 g/mol. The molecule has 2 heterocycles. The van der Waals surface area contributed by atoms with Gasteiger partial charge < -0.3 is 10.0 Å². The minimum absolute atomic E-state index is 0.0805. The summed E-state index contributed by atoms with van der Waals surface area (Å²) in [7, 11) is 0. The van der Waals surface area contributed by atoms with Crippen LogP contribution in [0.3, 0.4) is 0 Å². The SMILES string of the molecule is CC(C)(C)C(=O)N1CCC[C@@H]1c1ccc(C(=O)O)c(CCc2ccc(F)cc2)n1. The Morgan fingerprint density at radius 1 is 1.14 bits per heavy atom. The van der Waals surface area contributed by atoms with Crippen LogP contribution in [0.15, 0.2) is 36.4 Å². The Morgan fingerprint density at radius 3 is 2.45 bits per heavy atom. The third-order valence-corrected chi connectivity index (χ3v) is 5.29. The van der Waals surface area contributed by atoms with Gasteiger partial charge in [0, 0.05) is 12.0 Å². The Kier molecular flexibility index (Phi) is 6.01. The van der Waals surface area contributed by atoms with Gasteiger partial charge in [-0.3, -0.25) is 9.78 Å². The third kappa shape index (κ3) is 4.81. The number of carboxylic acids is 1. The van der Waals surface area contributed by atoms with Crippen LogP contribution >= 0.6 is 0 Å². The summed E-state index contributed by atoms with van der Waals surface area (Å²) in [6, 6.07) is 9.36. The zero-order chi connectivity index (χ0) is 21.2. The number of carbonyl (C=O) groups is 2. The number of rotatable bonds is 5. The van der Waals surface area contributed by atoms with Crippen LogP contribution in [0, 0.1) is 11.2 Å². The van der Waals surface area contributed by atoms with Gasteiger partial charge in [-0.05, 0) is 55.5 Å². The Labute approximate surface area is 170 Å². The van der Waals surface area contributed by atoms with Gasteiger partial charge in [0.2, 0.25) is 5.91 Å². The number of aromatic carboxylic acids is 1. The molecule has 6 heteroatoms. The fourth-order valence-corrected chi connectivity index (χ4v) is 3.75. The van der Waals surface area contributed by atoms with E-state index in [1.165, 1.54) is 12.1 Å². The summed E-state index contributed by atoms with van der Waals surface area (Å²) in [5.74, 6) is -1.24. The number of hydrogen-bond acceptors (Lipinski definition) is 3. The van der Waals surface area contributed by atoms with Crippen molar-refractivity contribution in [3.05, 3.63) is 64.7 Å². The Morgan fingerprint density at radius 2 is 1.83 bits per heavy atom. The van der Waals surface area contributed by atoms with Crippen molar-refractivity contribution in [1.29, 1.82) is 0 Å². The lowest BCUT2D eigenvalue weighted by Crippen LogP contribution is -2.39. The van der Waals surface area contributed by atoms with E-state index < -0.39 is 11.4 Å². The molecule has 1 aliphatic rings. The summed E-state index contributed by atoms with van der Waals surface area (Å²) in [6.45, 7) is 6.40. The first-order valence-electron chi connectivity index (χ1n) is 9.95.